The molecule has 0 fully saturated rings. The van der Waals surface area contributed by atoms with Gasteiger partial charge in [0, 0.05) is 0 Å². The summed E-state index contributed by atoms with van der Waals surface area (Å²) in [7, 11) is 0. The highest BCUT2D eigenvalue weighted by atomic mass is 16.6. The Labute approximate surface area is 237 Å². The van der Waals surface area contributed by atoms with E-state index in [1.807, 2.05) is 0 Å². The number of ether oxygens (including phenoxy) is 1. The number of hydrogen-bond acceptors (Lipinski definition) is 5. The first-order valence-corrected chi connectivity index (χ1v) is 16.0. The summed E-state index contributed by atoms with van der Waals surface area (Å²) in [5.74, 6) is -5.69. The first kappa shape index (κ1) is 37.1. The number of carbonyl (C=O) groups excluding carboxylic acids is 2. The molecular weight excluding hydrogens is 496 g/mol. The van der Waals surface area contributed by atoms with Crippen LogP contribution < -0.4 is 0 Å². The van der Waals surface area contributed by atoms with Gasteiger partial charge in [0.15, 0.2) is 0 Å². The second kappa shape index (κ2) is 26.3. The maximum atomic E-state index is 12.2. The lowest BCUT2D eigenvalue weighted by Crippen LogP contribution is -2.24. The fourth-order valence-electron chi connectivity index (χ4n) is 4.99. The zero-order chi connectivity index (χ0) is 29.1. The molecule has 0 saturated carbocycles. The summed E-state index contributed by atoms with van der Waals surface area (Å²) in [6.45, 7) is 4.41. The van der Waals surface area contributed by atoms with Crippen LogP contribution in [0.4, 0.5) is 0 Å². The maximum absolute atomic E-state index is 12.2. The minimum atomic E-state index is -1.07. The fraction of sp³-hybridized carbons (Fsp3) is 0.875. The summed E-state index contributed by atoms with van der Waals surface area (Å²) < 4.78 is 4.81. The van der Waals surface area contributed by atoms with E-state index >= 15 is 0 Å². The van der Waals surface area contributed by atoms with Crippen molar-refractivity contribution in [3.63, 3.8) is 0 Å². The molecule has 7 nitrogen and oxygen atoms in total. The van der Waals surface area contributed by atoms with Gasteiger partial charge in [-0.2, -0.15) is 0 Å². The van der Waals surface area contributed by atoms with Gasteiger partial charge in [0.05, 0.1) is 24.7 Å². The second-order valence-electron chi connectivity index (χ2n) is 11.3. The molecule has 0 rings (SSSR count). The number of carbonyl (C=O) groups is 4. The molecule has 228 valence electrons. The molecule has 0 spiro atoms. The third-order valence-electron chi connectivity index (χ3n) is 7.56. The second-order valence-corrected chi connectivity index (χ2v) is 11.3. The number of carboxylic acids is 2. The van der Waals surface area contributed by atoms with Crippen molar-refractivity contribution in [2.24, 2.45) is 11.8 Å². The lowest BCUT2D eigenvalue weighted by Gasteiger charge is -2.13. The predicted octanol–water partition coefficient (Wildman–Crippen LogP) is 8.86. The molecule has 0 amide bonds. The van der Waals surface area contributed by atoms with Crippen molar-refractivity contribution in [3.8, 4) is 0 Å². The number of carboxylic acid groups (broad SMARTS) is 2. The summed E-state index contributed by atoms with van der Waals surface area (Å²) >= 11 is 0. The molecule has 0 radical (unpaired) electrons. The first-order valence-electron chi connectivity index (χ1n) is 16.0. The van der Waals surface area contributed by atoms with Crippen LogP contribution in [-0.4, -0.2) is 34.1 Å². The highest BCUT2D eigenvalue weighted by Gasteiger charge is 2.26. The molecule has 0 aromatic heterocycles. The third-order valence-corrected chi connectivity index (χ3v) is 7.56. The summed E-state index contributed by atoms with van der Waals surface area (Å²) in [4.78, 5) is 47.5. The molecule has 0 aromatic rings. The highest BCUT2D eigenvalue weighted by Crippen LogP contribution is 2.20. The Kier molecular flexibility index (Phi) is 25.0. The van der Waals surface area contributed by atoms with Crippen LogP contribution in [0.1, 0.15) is 168 Å². The Bertz CT molecular complexity index is 592. The molecule has 0 aliphatic rings. The standard InChI is InChI=1S/C32H58O7/c1-3-5-7-9-11-13-15-17-19-21-23-27(31(35)36)25-29(33)39-30(34)26-28(32(37)38)24-22-20-18-16-14-12-10-8-6-4-2/h27-28H,3-26H2,1-2H3,(H,35,36)(H,37,38). The van der Waals surface area contributed by atoms with Crippen molar-refractivity contribution in [1.82, 2.24) is 0 Å². The third kappa shape index (κ3) is 23.7. The van der Waals surface area contributed by atoms with E-state index in [9.17, 15) is 29.4 Å². The van der Waals surface area contributed by atoms with Crippen LogP contribution in [0.15, 0.2) is 0 Å². The maximum Gasteiger partial charge on any atom is 0.314 e. The molecule has 2 atom stereocenters. The van der Waals surface area contributed by atoms with Crippen molar-refractivity contribution in [3.05, 3.63) is 0 Å². The number of rotatable bonds is 28. The molecule has 2 unspecified atom stereocenters. The Morgan fingerprint density at radius 2 is 0.718 bits per heavy atom. The lowest BCUT2D eigenvalue weighted by atomic mass is 9.96. The number of unbranched alkanes of at least 4 members (excludes halogenated alkanes) is 18. The van der Waals surface area contributed by atoms with Gasteiger partial charge in [0.25, 0.3) is 0 Å². The normalized spacial score (nSPS) is 12.7. The first-order chi connectivity index (χ1) is 18.8. The summed E-state index contributed by atoms with van der Waals surface area (Å²) in [6, 6.07) is 0. The zero-order valence-corrected chi connectivity index (χ0v) is 25.1. The zero-order valence-electron chi connectivity index (χ0n) is 25.1. The predicted molar refractivity (Wildman–Crippen MR) is 156 cm³/mol. The van der Waals surface area contributed by atoms with Gasteiger partial charge in [-0.3, -0.25) is 19.2 Å². The average molecular weight is 555 g/mol. The Morgan fingerprint density at radius 1 is 0.462 bits per heavy atom. The smallest absolute Gasteiger partial charge is 0.314 e. The van der Waals surface area contributed by atoms with Gasteiger partial charge in [0.2, 0.25) is 0 Å². The molecule has 0 saturated heterocycles. The Balaban J connectivity index is 4.12. The van der Waals surface area contributed by atoms with Gasteiger partial charge in [-0.15, -0.1) is 0 Å². The van der Waals surface area contributed by atoms with E-state index in [-0.39, 0.29) is 12.8 Å². The van der Waals surface area contributed by atoms with Gasteiger partial charge in [-0.1, -0.05) is 142 Å². The van der Waals surface area contributed by atoms with E-state index in [1.54, 1.807) is 0 Å². The van der Waals surface area contributed by atoms with E-state index in [2.05, 4.69) is 13.8 Å². The van der Waals surface area contributed by atoms with Gasteiger partial charge in [0.1, 0.15) is 0 Å². The molecule has 2 N–H and O–H groups in total. The van der Waals surface area contributed by atoms with Crippen molar-refractivity contribution in [2.45, 2.75) is 168 Å². The van der Waals surface area contributed by atoms with Crippen LogP contribution in [0.5, 0.6) is 0 Å². The van der Waals surface area contributed by atoms with Crippen molar-refractivity contribution in [2.75, 3.05) is 0 Å². The van der Waals surface area contributed by atoms with E-state index in [4.69, 9.17) is 4.74 Å². The van der Waals surface area contributed by atoms with Gasteiger partial charge >= 0.3 is 23.9 Å². The van der Waals surface area contributed by atoms with Crippen LogP contribution in [0, 0.1) is 11.8 Å². The average Bonchev–Trinajstić information content (AvgIpc) is 2.89. The minimum absolute atomic E-state index is 0.366. The van der Waals surface area contributed by atoms with E-state index in [0.29, 0.717) is 25.7 Å². The molecule has 0 bridgehead atoms. The van der Waals surface area contributed by atoms with E-state index in [1.165, 1.54) is 77.0 Å². The SMILES string of the molecule is CCCCCCCCCCCCC(CC(=O)OC(=O)CC(CCCCCCCCCCCC)C(=O)O)C(=O)O. The quantitative estimate of drug-likeness (QED) is 0.0563. The molecule has 7 heteroatoms. The molecule has 0 heterocycles. The highest BCUT2D eigenvalue weighted by molar-refractivity contribution is 5.89. The van der Waals surface area contributed by atoms with Crippen LogP contribution in [0.2, 0.25) is 0 Å². The fourth-order valence-corrected chi connectivity index (χ4v) is 4.99. The van der Waals surface area contributed by atoms with Crippen LogP contribution in [0.3, 0.4) is 0 Å². The van der Waals surface area contributed by atoms with Crippen LogP contribution in [-0.2, 0) is 23.9 Å². The van der Waals surface area contributed by atoms with Gasteiger partial charge in [-0.05, 0) is 12.8 Å². The Hall–Kier alpha value is -1.92. The van der Waals surface area contributed by atoms with Crippen molar-refractivity contribution >= 4 is 23.9 Å². The topological polar surface area (TPSA) is 118 Å². The number of esters is 2. The molecular formula is C32H58O7. The molecule has 39 heavy (non-hydrogen) atoms. The lowest BCUT2D eigenvalue weighted by molar-refractivity contribution is -0.164. The summed E-state index contributed by atoms with van der Waals surface area (Å²) in [6.07, 6.45) is 22.8. The molecule has 0 aliphatic heterocycles. The Morgan fingerprint density at radius 3 is 0.974 bits per heavy atom. The minimum Gasteiger partial charge on any atom is -0.481 e. The summed E-state index contributed by atoms with van der Waals surface area (Å²) in [5.41, 5.74) is 0. The van der Waals surface area contributed by atoms with Crippen LogP contribution >= 0.6 is 0 Å². The van der Waals surface area contributed by atoms with Crippen molar-refractivity contribution in [1.29, 1.82) is 0 Å². The van der Waals surface area contributed by atoms with Gasteiger partial charge < -0.3 is 14.9 Å². The monoisotopic (exact) mass is 554 g/mol. The molecule has 0 aliphatic carbocycles. The number of aliphatic carboxylic acids is 2. The van der Waals surface area contributed by atoms with Crippen molar-refractivity contribution < 1.29 is 34.1 Å². The van der Waals surface area contributed by atoms with Crippen LogP contribution in [0.25, 0.3) is 0 Å². The van der Waals surface area contributed by atoms with Gasteiger partial charge in [-0.25, -0.2) is 0 Å². The summed E-state index contributed by atoms with van der Waals surface area (Å²) in [5, 5.41) is 18.9. The largest absolute Gasteiger partial charge is 0.481 e. The molecule has 0 aromatic carbocycles. The van der Waals surface area contributed by atoms with E-state index < -0.39 is 35.7 Å². The number of hydrogen-bond donors (Lipinski definition) is 2. The van der Waals surface area contributed by atoms with E-state index in [0.717, 1.165) is 38.5 Å².